The van der Waals surface area contributed by atoms with E-state index in [1.54, 1.807) is 11.6 Å². The maximum Gasteiger partial charge on any atom is 0.0910 e. The Balaban J connectivity index is 2.58. The van der Waals surface area contributed by atoms with E-state index in [2.05, 4.69) is 10.1 Å². The van der Waals surface area contributed by atoms with Crippen LogP contribution in [0, 0.1) is 0 Å². The molecule has 11 heavy (non-hydrogen) atoms. The quantitative estimate of drug-likeness (QED) is 0.489. The molecule has 0 aliphatic heterocycles. The monoisotopic (exact) mass is 152 g/mol. The van der Waals surface area contributed by atoms with E-state index in [1.807, 2.05) is 19.3 Å². The fourth-order valence-electron chi connectivity index (χ4n) is 0.753. The Morgan fingerprint density at radius 3 is 3.00 bits per heavy atom. The summed E-state index contributed by atoms with van der Waals surface area (Å²) >= 11 is 0. The number of hydrogen-bond donors (Lipinski definition) is 1. The molecule has 0 atom stereocenters. The van der Waals surface area contributed by atoms with E-state index in [0.717, 1.165) is 5.69 Å². The molecule has 0 spiro atoms. The molecule has 0 bridgehead atoms. The summed E-state index contributed by atoms with van der Waals surface area (Å²) in [6.45, 7) is 2.34. The molecule has 0 amide bonds. The van der Waals surface area contributed by atoms with Crippen molar-refractivity contribution >= 4 is 5.84 Å². The van der Waals surface area contributed by atoms with Crippen molar-refractivity contribution in [3.05, 3.63) is 18.0 Å². The average molecular weight is 152 g/mol. The van der Waals surface area contributed by atoms with Gasteiger partial charge in [-0.25, -0.2) is 0 Å². The van der Waals surface area contributed by atoms with Gasteiger partial charge in [0, 0.05) is 13.2 Å². The molecule has 0 radical (unpaired) electrons. The smallest absolute Gasteiger partial charge is 0.0910 e. The van der Waals surface area contributed by atoms with E-state index in [1.165, 1.54) is 0 Å². The van der Waals surface area contributed by atoms with Gasteiger partial charge in [-0.15, -0.1) is 0 Å². The summed E-state index contributed by atoms with van der Waals surface area (Å²) in [6.07, 6.45) is 1.89. The van der Waals surface area contributed by atoms with Crippen LogP contribution >= 0.6 is 0 Å². The van der Waals surface area contributed by atoms with Crippen molar-refractivity contribution in [2.45, 2.75) is 13.5 Å². The minimum atomic E-state index is 0.573. The Kier molecular flexibility index (Phi) is 2.25. The highest BCUT2D eigenvalue weighted by molar-refractivity contribution is 5.77. The first-order valence-corrected chi connectivity index (χ1v) is 3.43. The molecule has 0 aromatic carbocycles. The molecule has 4 nitrogen and oxygen atoms in total. The Hall–Kier alpha value is -1.32. The number of amidine groups is 1. The molecule has 2 N–H and O–H groups in total. The number of aliphatic imine (C=N–C) groups is 1. The van der Waals surface area contributed by atoms with Gasteiger partial charge in [0.2, 0.25) is 0 Å². The van der Waals surface area contributed by atoms with Crippen LogP contribution in [0.4, 0.5) is 0 Å². The highest BCUT2D eigenvalue weighted by Gasteiger charge is 1.92. The second-order valence-electron chi connectivity index (χ2n) is 2.44. The minimum Gasteiger partial charge on any atom is -0.388 e. The zero-order chi connectivity index (χ0) is 8.27. The Labute approximate surface area is 65.7 Å². The third kappa shape index (κ3) is 2.41. The summed E-state index contributed by atoms with van der Waals surface area (Å²) in [5, 5.41) is 4.14. The van der Waals surface area contributed by atoms with Gasteiger partial charge in [-0.05, 0) is 13.0 Å². The first-order chi connectivity index (χ1) is 5.18. The summed E-state index contributed by atoms with van der Waals surface area (Å²) < 4.78 is 1.75. The Morgan fingerprint density at radius 1 is 1.82 bits per heavy atom. The summed E-state index contributed by atoms with van der Waals surface area (Å²) in [6, 6.07) is 1.92. The summed E-state index contributed by atoms with van der Waals surface area (Å²) in [7, 11) is 1.88. The van der Waals surface area contributed by atoms with Gasteiger partial charge < -0.3 is 5.73 Å². The van der Waals surface area contributed by atoms with Crippen LogP contribution in [0.2, 0.25) is 0 Å². The molecular weight excluding hydrogens is 140 g/mol. The predicted octanol–water partition coefficient (Wildman–Crippen LogP) is 0.297. The van der Waals surface area contributed by atoms with Crippen LogP contribution < -0.4 is 5.73 Å². The second kappa shape index (κ2) is 3.18. The highest BCUT2D eigenvalue weighted by atomic mass is 15.2. The lowest BCUT2D eigenvalue weighted by atomic mass is 10.4. The fraction of sp³-hybridized carbons (Fsp3) is 0.429. The van der Waals surface area contributed by atoms with Gasteiger partial charge in [0.25, 0.3) is 0 Å². The van der Waals surface area contributed by atoms with Crippen LogP contribution in [-0.2, 0) is 13.6 Å². The van der Waals surface area contributed by atoms with Gasteiger partial charge in [0.15, 0.2) is 0 Å². The standard InChI is InChI=1S/C7H12N4/c1-6(8)9-5-7-3-4-11(2)10-7/h3-4H,5H2,1-2H3,(H2,8,9). The largest absolute Gasteiger partial charge is 0.388 e. The third-order valence-electron chi connectivity index (χ3n) is 1.26. The molecule has 60 valence electrons. The van der Waals surface area contributed by atoms with Crippen molar-refractivity contribution < 1.29 is 0 Å². The Bertz CT molecular complexity index is 257. The van der Waals surface area contributed by atoms with Crippen LogP contribution in [0.3, 0.4) is 0 Å². The highest BCUT2D eigenvalue weighted by Crippen LogP contribution is 1.95. The number of aryl methyl sites for hydroxylation is 1. The predicted molar refractivity (Wildman–Crippen MR) is 44.2 cm³/mol. The van der Waals surface area contributed by atoms with Gasteiger partial charge in [-0.1, -0.05) is 0 Å². The first kappa shape index (κ1) is 7.78. The van der Waals surface area contributed by atoms with Crippen LogP contribution in [0.1, 0.15) is 12.6 Å². The second-order valence-corrected chi connectivity index (χ2v) is 2.44. The summed E-state index contributed by atoms with van der Waals surface area (Å²) in [4.78, 5) is 4.03. The zero-order valence-electron chi connectivity index (χ0n) is 6.78. The molecule has 1 aromatic heterocycles. The van der Waals surface area contributed by atoms with Gasteiger partial charge in [0.05, 0.1) is 18.1 Å². The molecule has 4 heteroatoms. The third-order valence-corrected chi connectivity index (χ3v) is 1.26. The molecule has 1 rings (SSSR count). The van der Waals surface area contributed by atoms with Crippen LogP contribution in [0.25, 0.3) is 0 Å². The van der Waals surface area contributed by atoms with Gasteiger partial charge in [0.1, 0.15) is 0 Å². The van der Waals surface area contributed by atoms with Crippen LogP contribution in [0.5, 0.6) is 0 Å². The number of hydrogen-bond acceptors (Lipinski definition) is 2. The maximum atomic E-state index is 5.36. The van der Waals surface area contributed by atoms with Gasteiger partial charge in [-0.3, -0.25) is 9.67 Å². The number of rotatable bonds is 2. The van der Waals surface area contributed by atoms with Crippen molar-refractivity contribution in [3.63, 3.8) is 0 Å². The van der Waals surface area contributed by atoms with E-state index >= 15 is 0 Å². The normalized spacial score (nSPS) is 12.0. The van der Waals surface area contributed by atoms with Gasteiger partial charge >= 0.3 is 0 Å². The van der Waals surface area contributed by atoms with Crippen molar-refractivity contribution in [2.24, 2.45) is 17.8 Å². The van der Waals surface area contributed by atoms with Crippen molar-refractivity contribution in [3.8, 4) is 0 Å². The average Bonchev–Trinajstić information content (AvgIpc) is 2.31. The number of aromatic nitrogens is 2. The molecule has 0 saturated carbocycles. The molecule has 0 unspecified atom stereocenters. The van der Waals surface area contributed by atoms with E-state index in [0.29, 0.717) is 12.4 Å². The zero-order valence-corrected chi connectivity index (χ0v) is 6.78. The lowest BCUT2D eigenvalue weighted by Crippen LogP contribution is -2.05. The maximum absolute atomic E-state index is 5.36. The molecular formula is C7H12N4. The van der Waals surface area contributed by atoms with Crippen LogP contribution in [0.15, 0.2) is 17.3 Å². The van der Waals surface area contributed by atoms with E-state index in [9.17, 15) is 0 Å². The molecule has 0 fully saturated rings. The van der Waals surface area contributed by atoms with Crippen molar-refractivity contribution in [2.75, 3.05) is 0 Å². The topological polar surface area (TPSA) is 56.2 Å². The van der Waals surface area contributed by atoms with Crippen molar-refractivity contribution in [1.29, 1.82) is 0 Å². The molecule has 0 saturated heterocycles. The number of nitrogens with zero attached hydrogens (tertiary/aromatic N) is 3. The first-order valence-electron chi connectivity index (χ1n) is 3.43. The van der Waals surface area contributed by atoms with E-state index in [4.69, 9.17) is 5.73 Å². The molecule has 1 aromatic rings. The molecule has 0 aliphatic rings. The lowest BCUT2D eigenvalue weighted by molar-refractivity contribution is 0.743. The summed E-state index contributed by atoms with van der Waals surface area (Å²) in [5.41, 5.74) is 6.30. The Morgan fingerprint density at radius 2 is 2.55 bits per heavy atom. The van der Waals surface area contributed by atoms with Gasteiger partial charge in [-0.2, -0.15) is 5.10 Å². The minimum absolute atomic E-state index is 0.573. The number of nitrogens with two attached hydrogens (primary N) is 1. The summed E-state index contributed by atoms with van der Waals surface area (Å²) in [5.74, 6) is 0.593. The molecule has 1 heterocycles. The van der Waals surface area contributed by atoms with Crippen molar-refractivity contribution in [1.82, 2.24) is 9.78 Å². The van der Waals surface area contributed by atoms with E-state index in [-0.39, 0.29) is 0 Å². The van der Waals surface area contributed by atoms with Crippen LogP contribution in [-0.4, -0.2) is 15.6 Å². The van der Waals surface area contributed by atoms with E-state index < -0.39 is 0 Å². The SMILES string of the molecule is CC(N)=NCc1ccn(C)n1. The lowest BCUT2D eigenvalue weighted by Gasteiger charge is -1.90. The molecule has 0 aliphatic carbocycles. The fourth-order valence-corrected chi connectivity index (χ4v) is 0.753.